The molecule has 0 amide bonds. The molecule has 5 nitrogen and oxygen atoms in total. The van der Waals surface area contributed by atoms with Gasteiger partial charge in [-0.1, -0.05) is 99.1 Å². The summed E-state index contributed by atoms with van der Waals surface area (Å²) in [6.07, 6.45) is 0. The van der Waals surface area contributed by atoms with Crippen molar-refractivity contribution in [3.05, 3.63) is 123 Å². The zero-order chi connectivity index (χ0) is 25.7. The minimum atomic E-state index is -0.702. The largest absolute Gasteiger partial charge is 0.692 e. The first kappa shape index (κ1) is 23.9. The van der Waals surface area contributed by atoms with Gasteiger partial charge < -0.3 is 10.3 Å². The zero-order valence-corrected chi connectivity index (χ0v) is 21.5. The second-order valence-corrected chi connectivity index (χ2v) is 10.7. The Morgan fingerprint density at radius 2 is 1.39 bits per heavy atom. The Morgan fingerprint density at radius 1 is 0.806 bits per heavy atom. The number of rotatable bonds is 4. The number of hydrogen-bond acceptors (Lipinski definition) is 3. The summed E-state index contributed by atoms with van der Waals surface area (Å²) in [5, 5.41) is 30.2. The van der Waals surface area contributed by atoms with Gasteiger partial charge in [0.05, 0.1) is 5.10 Å². The lowest BCUT2D eigenvalue weighted by atomic mass is 9.69. The molecule has 0 aliphatic heterocycles. The molecule has 36 heavy (non-hydrogen) atoms. The Bertz CT molecular complexity index is 1520. The monoisotopic (exact) mass is 497 g/mol. The van der Waals surface area contributed by atoms with Crippen LogP contribution in [0.3, 0.4) is 0 Å². The van der Waals surface area contributed by atoms with Crippen LogP contribution < -0.4 is 4.85 Å². The van der Waals surface area contributed by atoms with Crippen LogP contribution in [0.1, 0.15) is 49.9 Å². The average molecular weight is 498 g/mol. The second kappa shape index (κ2) is 8.68. The van der Waals surface area contributed by atoms with E-state index < -0.39 is 5.41 Å². The lowest BCUT2D eigenvalue weighted by molar-refractivity contribution is -0.664. The molecule has 0 unspecified atom stereocenters. The van der Waals surface area contributed by atoms with Crippen LogP contribution in [-0.2, 0) is 10.8 Å². The van der Waals surface area contributed by atoms with Crippen molar-refractivity contribution in [1.29, 1.82) is 0 Å². The number of phenols is 1. The highest BCUT2D eigenvalue weighted by Gasteiger charge is 2.37. The average Bonchev–Trinajstić information content (AvgIpc) is 3.19. The van der Waals surface area contributed by atoms with Gasteiger partial charge in [0.1, 0.15) is 0 Å². The molecule has 1 heterocycles. The van der Waals surface area contributed by atoms with Crippen molar-refractivity contribution in [3.8, 4) is 11.4 Å². The van der Waals surface area contributed by atoms with Gasteiger partial charge >= 0.3 is 0 Å². The van der Waals surface area contributed by atoms with E-state index in [4.69, 9.17) is 11.6 Å². The van der Waals surface area contributed by atoms with E-state index in [0.717, 1.165) is 16.7 Å². The van der Waals surface area contributed by atoms with Crippen molar-refractivity contribution in [2.45, 2.75) is 38.5 Å². The third kappa shape index (κ3) is 3.90. The number of nitrogens with zero attached hydrogens (tertiary/aromatic N) is 3. The molecule has 0 saturated carbocycles. The summed E-state index contributed by atoms with van der Waals surface area (Å²) >= 11 is 6.15. The summed E-state index contributed by atoms with van der Waals surface area (Å²) in [5.74, 6) is 0.00158. The highest BCUT2D eigenvalue weighted by molar-refractivity contribution is 6.31. The van der Waals surface area contributed by atoms with E-state index in [1.54, 1.807) is 18.2 Å². The van der Waals surface area contributed by atoms with Crippen LogP contribution in [0.4, 0.5) is 0 Å². The molecule has 5 aromatic rings. The van der Waals surface area contributed by atoms with E-state index in [2.05, 4.69) is 57.1 Å². The lowest BCUT2D eigenvalue weighted by Gasteiger charge is -2.34. The van der Waals surface area contributed by atoms with Crippen molar-refractivity contribution < 1.29 is 9.95 Å². The molecule has 0 saturated heterocycles. The van der Waals surface area contributed by atoms with Crippen LogP contribution in [0.25, 0.3) is 16.7 Å². The minimum Gasteiger partial charge on any atom is -0.692 e. The van der Waals surface area contributed by atoms with Gasteiger partial charge in [-0.05, 0) is 52.0 Å². The Hall–Kier alpha value is -3.83. The third-order valence-corrected chi connectivity index (χ3v) is 7.17. The number of halogens is 1. The predicted molar refractivity (Wildman–Crippen MR) is 144 cm³/mol. The van der Waals surface area contributed by atoms with Crippen LogP contribution in [0.2, 0.25) is 5.02 Å². The standard InChI is InChI=1S/C30H28ClN3O2/c1-29(2,3)22-17-24(30(4,20-11-7-5-8-12-20)21-13-9-6-10-14-21)28(35)27(18-22)33-32-25-19-23(31)15-16-26(25)34(33)36/h5-19,35H,1-4H3. The van der Waals surface area contributed by atoms with Gasteiger partial charge in [0.2, 0.25) is 5.52 Å². The Balaban J connectivity index is 1.87. The quantitative estimate of drug-likeness (QED) is 0.171. The van der Waals surface area contributed by atoms with Crippen molar-refractivity contribution >= 4 is 22.6 Å². The van der Waals surface area contributed by atoms with Gasteiger partial charge in [-0.15, -0.1) is 4.85 Å². The molecule has 0 fully saturated rings. The maximum Gasteiger partial charge on any atom is 0.251 e. The zero-order valence-electron chi connectivity index (χ0n) is 20.7. The van der Waals surface area contributed by atoms with Crippen LogP contribution in [0.5, 0.6) is 5.75 Å². The number of fused-ring (bicyclic) bond motifs is 1. The lowest BCUT2D eigenvalue weighted by Crippen LogP contribution is -2.37. The SMILES string of the molecule is CC(C)(C)c1cc(-n2nc3cc(Cl)ccc3[n+]2[O-])c(O)c(C(C)(c2ccccc2)c2ccccc2)c1. The number of hydrogen-bond donors (Lipinski definition) is 1. The van der Waals surface area contributed by atoms with Gasteiger partial charge in [-0.25, -0.2) is 0 Å². The summed E-state index contributed by atoms with van der Waals surface area (Å²) in [6.45, 7) is 8.44. The van der Waals surface area contributed by atoms with Gasteiger partial charge in [0.15, 0.2) is 11.4 Å². The molecule has 0 bridgehead atoms. The second-order valence-electron chi connectivity index (χ2n) is 10.3. The molecular weight excluding hydrogens is 470 g/mol. The fourth-order valence-corrected chi connectivity index (χ4v) is 4.91. The number of phenolic OH excluding ortho intramolecular Hbond substituents is 1. The Kier molecular flexibility index (Phi) is 5.76. The summed E-state index contributed by atoms with van der Waals surface area (Å²) < 4.78 is 0. The van der Waals surface area contributed by atoms with Gasteiger partial charge in [0.25, 0.3) is 5.52 Å². The van der Waals surface area contributed by atoms with E-state index in [9.17, 15) is 10.3 Å². The molecule has 0 spiro atoms. The van der Waals surface area contributed by atoms with E-state index >= 15 is 0 Å². The molecule has 0 aliphatic carbocycles. The number of aromatic nitrogens is 3. The summed E-state index contributed by atoms with van der Waals surface area (Å²) in [7, 11) is 0. The molecule has 1 N–H and O–H groups in total. The Labute approximate surface area is 215 Å². The molecule has 6 heteroatoms. The van der Waals surface area contributed by atoms with Crippen LogP contribution in [0, 0.1) is 5.21 Å². The first-order valence-corrected chi connectivity index (χ1v) is 12.3. The fraction of sp³-hybridized carbons (Fsp3) is 0.200. The van der Waals surface area contributed by atoms with Crippen LogP contribution >= 0.6 is 11.6 Å². The first-order valence-electron chi connectivity index (χ1n) is 11.9. The van der Waals surface area contributed by atoms with Crippen molar-refractivity contribution in [2.24, 2.45) is 0 Å². The predicted octanol–water partition coefficient (Wildman–Crippen LogP) is 6.67. The van der Waals surface area contributed by atoms with Crippen molar-refractivity contribution in [1.82, 2.24) is 9.90 Å². The molecule has 0 radical (unpaired) electrons. The highest BCUT2D eigenvalue weighted by atomic mass is 35.5. The van der Waals surface area contributed by atoms with Crippen molar-refractivity contribution in [2.75, 3.05) is 0 Å². The van der Waals surface area contributed by atoms with Crippen LogP contribution in [-0.4, -0.2) is 15.0 Å². The van der Waals surface area contributed by atoms with E-state index in [1.807, 2.05) is 48.5 Å². The molecule has 5 rings (SSSR count). The van der Waals surface area contributed by atoms with E-state index in [0.29, 0.717) is 32.2 Å². The smallest absolute Gasteiger partial charge is 0.251 e. The van der Waals surface area contributed by atoms with Gasteiger partial charge in [0, 0.05) is 22.1 Å². The van der Waals surface area contributed by atoms with Crippen LogP contribution in [0.15, 0.2) is 91.0 Å². The summed E-state index contributed by atoms with van der Waals surface area (Å²) in [4.78, 5) is 1.91. The molecular formula is C30H28ClN3O2. The van der Waals surface area contributed by atoms with Crippen molar-refractivity contribution in [3.63, 3.8) is 0 Å². The molecule has 1 aromatic heterocycles. The summed E-state index contributed by atoms with van der Waals surface area (Å²) in [5.41, 5.74) is 3.90. The molecule has 0 aliphatic rings. The topological polar surface area (TPSA) is 65.0 Å². The van der Waals surface area contributed by atoms with E-state index in [-0.39, 0.29) is 11.2 Å². The third-order valence-electron chi connectivity index (χ3n) is 6.93. The first-order chi connectivity index (χ1) is 17.1. The van der Waals surface area contributed by atoms with E-state index in [1.165, 1.54) is 4.80 Å². The number of benzene rings is 4. The number of aromatic hydroxyl groups is 1. The Morgan fingerprint density at radius 3 is 1.94 bits per heavy atom. The highest BCUT2D eigenvalue weighted by Crippen LogP contribution is 2.46. The van der Waals surface area contributed by atoms with Gasteiger partial charge in [-0.2, -0.15) is 0 Å². The molecule has 182 valence electrons. The normalized spacial score (nSPS) is 12.2. The molecule has 0 atom stereocenters. The minimum absolute atomic E-state index is 0.00158. The fourth-order valence-electron chi connectivity index (χ4n) is 4.74. The molecule has 4 aromatic carbocycles. The maximum atomic E-state index is 13.3. The van der Waals surface area contributed by atoms with Gasteiger partial charge in [-0.3, -0.25) is 0 Å². The summed E-state index contributed by atoms with van der Waals surface area (Å²) in [6, 6.07) is 29.0. The maximum absolute atomic E-state index is 13.3.